The Morgan fingerprint density at radius 3 is 2.42 bits per heavy atom. The highest BCUT2D eigenvalue weighted by atomic mass is 16.3. The Morgan fingerprint density at radius 1 is 1.32 bits per heavy atom. The maximum absolute atomic E-state index is 11.9. The molecule has 4 nitrogen and oxygen atoms in total. The minimum Gasteiger partial charge on any atom is -0.396 e. The van der Waals surface area contributed by atoms with E-state index in [9.17, 15) is 9.90 Å². The van der Waals surface area contributed by atoms with Crippen LogP contribution in [0.25, 0.3) is 0 Å². The number of aliphatic hydroxyl groups excluding tert-OH is 1. The van der Waals surface area contributed by atoms with Crippen molar-refractivity contribution in [3.05, 3.63) is 35.9 Å². The Balaban J connectivity index is 2.61. The molecule has 1 aromatic carbocycles. The molecule has 3 N–H and O–H groups in total. The summed E-state index contributed by atoms with van der Waals surface area (Å²) < 4.78 is 0. The molecule has 1 rings (SSSR count). The molecule has 0 saturated heterocycles. The fourth-order valence-corrected chi connectivity index (χ4v) is 1.82. The first-order valence-electron chi connectivity index (χ1n) is 6.55. The first kappa shape index (κ1) is 15.7. The zero-order chi connectivity index (χ0) is 14.5. The molecule has 3 unspecified atom stereocenters. The van der Waals surface area contributed by atoms with Gasteiger partial charge in [0.1, 0.15) is 0 Å². The number of carbonyl (C=O) groups excluding carboxylic acids is 1. The van der Waals surface area contributed by atoms with Gasteiger partial charge in [-0.3, -0.25) is 4.79 Å². The molecule has 0 heterocycles. The van der Waals surface area contributed by atoms with Gasteiger partial charge in [-0.15, -0.1) is 0 Å². The lowest BCUT2D eigenvalue weighted by Gasteiger charge is -2.25. The summed E-state index contributed by atoms with van der Waals surface area (Å²) in [5, 5.41) is 22.2. The second kappa shape index (κ2) is 6.68. The quantitative estimate of drug-likeness (QED) is 0.728. The predicted octanol–water partition coefficient (Wildman–Crippen LogP) is 1.42. The van der Waals surface area contributed by atoms with Gasteiger partial charge in [-0.2, -0.15) is 0 Å². The number of rotatable bonds is 6. The van der Waals surface area contributed by atoms with Crippen LogP contribution in [0.3, 0.4) is 0 Å². The molecule has 0 radical (unpaired) electrons. The van der Waals surface area contributed by atoms with E-state index < -0.39 is 5.60 Å². The van der Waals surface area contributed by atoms with Crippen LogP contribution in [0.15, 0.2) is 30.3 Å². The van der Waals surface area contributed by atoms with Crippen molar-refractivity contribution in [1.29, 1.82) is 0 Å². The molecule has 0 saturated carbocycles. The summed E-state index contributed by atoms with van der Waals surface area (Å²) in [5.74, 6) is -0.229. The molecular formula is C15H23NO3. The van der Waals surface area contributed by atoms with Crippen LogP contribution in [0.1, 0.15) is 32.8 Å². The van der Waals surface area contributed by atoms with Crippen molar-refractivity contribution >= 4 is 5.91 Å². The van der Waals surface area contributed by atoms with E-state index in [2.05, 4.69) is 5.32 Å². The minimum atomic E-state index is -1.19. The molecule has 0 aliphatic rings. The van der Waals surface area contributed by atoms with Crippen molar-refractivity contribution in [3.8, 4) is 0 Å². The number of hydrogen-bond acceptors (Lipinski definition) is 3. The van der Waals surface area contributed by atoms with Crippen LogP contribution < -0.4 is 5.32 Å². The average Bonchev–Trinajstić information content (AvgIpc) is 2.38. The number of amides is 1. The van der Waals surface area contributed by atoms with Gasteiger partial charge in [0.15, 0.2) is 0 Å². The lowest BCUT2D eigenvalue weighted by Crippen LogP contribution is -2.41. The average molecular weight is 265 g/mol. The lowest BCUT2D eigenvalue weighted by molar-refractivity contribution is -0.126. The molecule has 19 heavy (non-hydrogen) atoms. The predicted molar refractivity (Wildman–Crippen MR) is 74.5 cm³/mol. The van der Waals surface area contributed by atoms with Gasteiger partial charge in [0.25, 0.3) is 0 Å². The summed E-state index contributed by atoms with van der Waals surface area (Å²) in [5.41, 5.74) is -0.471. The molecular weight excluding hydrogens is 242 g/mol. The number of benzene rings is 1. The maximum atomic E-state index is 11.9. The normalized spacial score (nSPS) is 17.3. The van der Waals surface area contributed by atoms with Crippen LogP contribution in [0.2, 0.25) is 0 Å². The van der Waals surface area contributed by atoms with Crippen LogP contribution >= 0.6 is 0 Å². The topological polar surface area (TPSA) is 69.6 Å². The van der Waals surface area contributed by atoms with Gasteiger partial charge in [0, 0.05) is 12.6 Å². The summed E-state index contributed by atoms with van der Waals surface area (Å²) in [6, 6.07) is 9.00. The smallest absolute Gasteiger partial charge is 0.223 e. The van der Waals surface area contributed by atoms with Crippen molar-refractivity contribution in [2.45, 2.75) is 38.8 Å². The van der Waals surface area contributed by atoms with E-state index in [1.54, 1.807) is 19.1 Å². The Labute approximate surface area is 114 Å². The summed E-state index contributed by atoms with van der Waals surface area (Å²) in [6.07, 6.45) is -0.000494. The molecule has 4 heteroatoms. The zero-order valence-corrected chi connectivity index (χ0v) is 11.8. The van der Waals surface area contributed by atoms with Crippen LogP contribution in [0.5, 0.6) is 0 Å². The van der Waals surface area contributed by atoms with Gasteiger partial charge < -0.3 is 15.5 Å². The first-order chi connectivity index (χ1) is 8.86. The van der Waals surface area contributed by atoms with Crippen LogP contribution in [-0.4, -0.2) is 28.8 Å². The van der Waals surface area contributed by atoms with E-state index in [4.69, 9.17) is 5.11 Å². The standard InChI is InChI=1S/C15H23NO3/c1-11(10-17)12(2)16-14(18)9-15(3,19)13-7-5-4-6-8-13/h4-8,11-12,17,19H,9-10H2,1-3H3,(H,16,18). The third-order valence-corrected chi connectivity index (χ3v) is 3.43. The Bertz CT molecular complexity index is 403. The third kappa shape index (κ3) is 4.65. The summed E-state index contributed by atoms with van der Waals surface area (Å²) in [7, 11) is 0. The fourth-order valence-electron chi connectivity index (χ4n) is 1.82. The highest BCUT2D eigenvalue weighted by Gasteiger charge is 2.27. The monoisotopic (exact) mass is 265 g/mol. The lowest BCUT2D eigenvalue weighted by atomic mass is 9.92. The second-order valence-electron chi connectivity index (χ2n) is 5.33. The molecule has 0 spiro atoms. The van der Waals surface area contributed by atoms with E-state index >= 15 is 0 Å². The van der Waals surface area contributed by atoms with Crippen molar-refractivity contribution in [1.82, 2.24) is 5.32 Å². The van der Waals surface area contributed by atoms with Crippen molar-refractivity contribution < 1.29 is 15.0 Å². The largest absolute Gasteiger partial charge is 0.396 e. The Kier molecular flexibility index (Phi) is 5.51. The number of carbonyl (C=O) groups is 1. The van der Waals surface area contributed by atoms with E-state index in [1.165, 1.54) is 0 Å². The minimum absolute atomic E-state index is 0.000494. The third-order valence-electron chi connectivity index (χ3n) is 3.43. The SMILES string of the molecule is CC(CO)C(C)NC(=O)CC(C)(O)c1ccccc1. The van der Waals surface area contributed by atoms with Crippen molar-refractivity contribution in [2.75, 3.05) is 6.61 Å². The van der Waals surface area contributed by atoms with Gasteiger partial charge in [-0.1, -0.05) is 37.3 Å². The van der Waals surface area contributed by atoms with E-state index in [0.717, 1.165) is 0 Å². The van der Waals surface area contributed by atoms with Gasteiger partial charge in [0.2, 0.25) is 5.91 Å². The molecule has 0 aliphatic carbocycles. The van der Waals surface area contributed by atoms with E-state index in [-0.39, 0.29) is 30.9 Å². The number of hydrogen-bond donors (Lipinski definition) is 3. The van der Waals surface area contributed by atoms with Gasteiger partial charge in [0.05, 0.1) is 12.0 Å². The highest BCUT2D eigenvalue weighted by molar-refractivity contribution is 5.77. The molecule has 0 bridgehead atoms. The second-order valence-corrected chi connectivity index (χ2v) is 5.33. The maximum Gasteiger partial charge on any atom is 0.223 e. The Hall–Kier alpha value is -1.39. The molecule has 0 fully saturated rings. The van der Waals surface area contributed by atoms with E-state index in [1.807, 2.05) is 32.0 Å². The molecule has 3 atom stereocenters. The summed E-state index contributed by atoms with van der Waals surface area (Å²) in [6.45, 7) is 5.36. The zero-order valence-electron chi connectivity index (χ0n) is 11.8. The van der Waals surface area contributed by atoms with Crippen molar-refractivity contribution in [3.63, 3.8) is 0 Å². The fraction of sp³-hybridized carbons (Fsp3) is 0.533. The first-order valence-corrected chi connectivity index (χ1v) is 6.55. The molecule has 1 amide bonds. The summed E-state index contributed by atoms with van der Waals surface area (Å²) in [4.78, 5) is 11.9. The highest BCUT2D eigenvalue weighted by Crippen LogP contribution is 2.24. The number of aliphatic hydroxyl groups is 2. The molecule has 1 aromatic rings. The molecule has 0 aromatic heterocycles. The van der Waals surface area contributed by atoms with Crippen LogP contribution in [0.4, 0.5) is 0 Å². The van der Waals surface area contributed by atoms with Crippen LogP contribution in [-0.2, 0) is 10.4 Å². The van der Waals surface area contributed by atoms with Gasteiger partial charge >= 0.3 is 0 Å². The molecule has 106 valence electrons. The van der Waals surface area contributed by atoms with Crippen LogP contribution in [0, 0.1) is 5.92 Å². The molecule has 0 aliphatic heterocycles. The van der Waals surface area contributed by atoms with E-state index in [0.29, 0.717) is 5.56 Å². The number of nitrogens with one attached hydrogen (secondary N) is 1. The Morgan fingerprint density at radius 2 is 1.89 bits per heavy atom. The van der Waals surface area contributed by atoms with Gasteiger partial charge in [-0.25, -0.2) is 0 Å². The van der Waals surface area contributed by atoms with Gasteiger partial charge in [-0.05, 0) is 25.3 Å². The van der Waals surface area contributed by atoms with Crippen molar-refractivity contribution in [2.24, 2.45) is 5.92 Å². The summed E-state index contributed by atoms with van der Waals surface area (Å²) >= 11 is 0.